The van der Waals surface area contributed by atoms with Gasteiger partial charge in [-0.3, -0.25) is 10.2 Å². The van der Waals surface area contributed by atoms with Crippen LogP contribution in [0, 0.1) is 11.2 Å². The molecular formula is C16H23FN4O2. The number of hydrogen-bond acceptors (Lipinski definition) is 3. The van der Waals surface area contributed by atoms with Crippen LogP contribution in [-0.4, -0.2) is 41.0 Å². The molecule has 1 heterocycles. The fourth-order valence-corrected chi connectivity index (χ4v) is 2.66. The summed E-state index contributed by atoms with van der Waals surface area (Å²) < 4.78 is 14.2. The Hall–Kier alpha value is -2.15. The molecule has 0 radical (unpaired) electrons. The number of likely N-dealkylation sites (tertiary alicyclic amines) is 1. The number of nitrogens with one attached hydrogen (secondary N) is 2. The van der Waals surface area contributed by atoms with E-state index in [1.165, 1.54) is 12.1 Å². The second-order valence-electron chi connectivity index (χ2n) is 6.40. The summed E-state index contributed by atoms with van der Waals surface area (Å²) in [6.45, 7) is 4.25. The van der Waals surface area contributed by atoms with Crippen molar-refractivity contribution in [2.24, 2.45) is 5.73 Å². The van der Waals surface area contributed by atoms with E-state index in [0.717, 1.165) is 12.8 Å². The number of amides is 1. The summed E-state index contributed by atoms with van der Waals surface area (Å²) in [5.41, 5.74) is 4.65. The maximum atomic E-state index is 14.2. The van der Waals surface area contributed by atoms with Crippen molar-refractivity contribution in [2.45, 2.75) is 38.3 Å². The molecular weight excluding hydrogens is 299 g/mol. The fourth-order valence-electron chi connectivity index (χ4n) is 2.66. The zero-order valence-electron chi connectivity index (χ0n) is 13.4. The fraction of sp³-hybridized carbons (Fsp3) is 0.500. The lowest BCUT2D eigenvalue weighted by molar-refractivity contribution is 0.0779. The number of guanidine groups is 1. The third-order valence-electron chi connectivity index (χ3n) is 4.02. The number of halogens is 1. The van der Waals surface area contributed by atoms with Crippen LogP contribution in [0.4, 0.5) is 4.39 Å². The zero-order valence-corrected chi connectivity index (χ0v) is 13.4. The zero-order chi connectivity index (χ0) is 17.2. The Morgan fingerprint density at radius 3 is 2.78 bits per heavy atom. The molecule has 7 heteroatoms. The summed E-state index contributed by atoms with van der Waals surface area (Å²) in [6, 6.07) is 3.93. The molecule has 0 saturated carbocycles. The Labute approximate surface area is 135 Å². The standard InChI is InChI=1S/C16H23FN4O2/c1-16(2,23)10-5-6-12(13(17)8-10)14(22)20-11-4-3-7-21(9-11)15(18)19/h5-6,8,11,23H,3-4,7,9H2,1-2H3,(H3,18,19)(H,20,22)/t11-/m1/s1. The van der Waals surface area contributed by atoms with E-state index in [1.54, 1.807) is 24.8 Å². The Morgan fingerprint density at radius 1 is 1.52 bits per heavy atom. The lowest BCUT2D eigenvalue weighted by Crippen LogP contribution is -2.51. The molecule has 1 aromatic carbocycles. The first-order chi connectivity index (χ1) is 10.7. The van der Waals surface area contributed by atoms with E-state index in [1.807, 2.05) is 0 Å². The first kappa shape index (κ1) is 17.2. The summed E-state index contributed by atoms with van der Waals surface area (Å²) in [7, 11) is 0. The Kier molecular flexibility index (Phi) is 4.89. The molecule has 1 aliphatic heterocycles. The molecule has 0 bridgehead atoms. The summed E-state index contributed by atoms with van der Waals surface area (Å²) >= 11 is 0. The molecule has 0 aromatic heterocycles. The second-order valence-corrected chi connectivity index (χ2v) is 6.40. The van der Waals surface area contributed by atoms with Crippen LogP contribution in [0.25, 0.3) is 0 Å². The number of benzene rings is 1. The number of piperidine rings is 1. The summed E-state index contributed by atoms with van der Waals surface area (Å²) in [4.78, 5) is 13.9. The highest BCUT2D eigenvalue weighted by atomic mass is 19.1. The molecule has 1 saturated heterocycles. The van der Waals surface area contributed by atoms with Gasteiger partial charge in [-0.25, -0.2) is 4.39 Å². The van der Waals surface area contributed by atoms with Crippen molar-refractivity contribution in [2.75, 3.05) is 13.1 Å². The summed E-state index contributed by atoms with van der Waals surface area (Å²) in [6.07, 6.45) is 1.57. The predicted octanol–water partition coefficient (Wildman–Crippen LogP) is 1.14. The minimum absolute atomic E-state index is 0.0235. The average molecular weight is 322 g/mol. The van der Waals surface area contributed by atoms with Gasteiger partial charge >= 0.3 is 0 Å². The van der Waals surface area contributed by atoms with Gasteiger partial charge in [0.15, 0.2) is 5.96 Å². The van der Waals surface area contributed by atoms with Crippen LogP contribution in [0.1, 0.15) is 42.6 Å². The molecule has 1 fully saturated rings. The van der Waals surface area contributed by atoms with E-state index < -0.39 is 17.3 Å². The minimum atomic E-state index is -1.17. The SMILES string of the molecule is CC(C)(O)c1ccc(C(=O)N[C@@H]2CCCN(C(=N)N)C2)c(F)c1. The van der Waals surface area contributed by atoms with Crippen LogP contribution >= 0.6 is 0 Å². The van der Waals surface area contributed by atoms with Crippen molar-refractivity contribution < 1.29 is 14.3 Å². The number of nitrogens with two attached hydrogens (primary N) is 1. The molecule has 0 spiro atoms. The topological polar surface area (TPSA) is 102 Å². The van der Waals surface area contributed by atoms with Gasteiger partial charge in [-0.05, 0) is 44.4 Å². The number of rotatable bonds is 3. The van der Waals surface area contributed by atoms with Gasteiger partial charge in [0.05, 0.1) is 11.2 Å². The first-order valence-corrected chi connectivity index (χ1v) is 7.60. The van der Waals surface area contributed by atoms with Gasteiger partial charge in [0, 0.05) is 19.1 Å². The summed E-state index contributed by atoms with van der Waals surface area (Å²) in [5, 5.41) is 20.1. The smallest absolute Gasteiger partial charge is 0.254 e. The van der Waals surface area contributed by atoms with E-state index in [2.05, 4.69) is 5.32 Å². The number of nitrogens with zero attached hydrogens (tertiary/aromatic N) is 1. The first-order valence-electron chi connectivity index (χ1n) is 7.60. The Morgan fingerprint density at radius 2 is 2.22 bits per heavy atom. The molecule has 0 aliphatic carbocycles. The minimum Gasteiger partial charge on any atom is -0.386 e. The quantitative estimate of drug-likeness (QED) is 0.495. The van der Waals surface area contributed by atoms with Crippen LogP contribution in [0.15, 0.2) is 18.2 Å². The van der Waals surface area contributed by atoms with Gasteiger partial charge in [0.25, 0.3) is 5.91 Å². The van der Waals surface area contributed by atoms with Crippen molar-refractivity contribution in [1.29, 1.82) is 5.41 Å². The highest BCUT2D eigenvalue weighted by molar-refractivity contribution is 5.94. The number of aliphatic hydroxyl groups is 1. The predicted molar refractivity (Wildman–Crippen MR) is 85.6 cm³/mol. The molecule has 1 amide bonds. The molecule has 1 aromatic rings. The van der Waals surface area contributed by atoms with Crippen LogP contribution in [-0.2, 0) is 5.60 Å². The van der Waals surface area contributed by atoms with E-state index in [-0.39, 0.29) is 17.6 Å². The van der Waals surface area contributed by atoms with Crippen LogP contribution < -0.4 is 11.1 Å². The number of carbonyl (C=O) groups is 1. The molecule has 1 atom stereocenters. The molecule has 126 valence electrons. The van der Waals surface area contributed by atoms with Crippen molar-refractivity contribution in [1.82, 2.24) is 10.2 Å². The van der Waals surface area contributed by atoms with Gasteiger partial charge in [-0.1, -0.05) is 6.07 Å². The normalized spacial score (nSPS) is 18.6. The highest BCUT2D eigenvalue weighted by Crippen LogP contribution is 2.22. The lowest BCUT2D eigenvalue weighted by atomic mass is 9.96. The number of carbonyl (C=O) groups excluding carboxylic acids is 1. The monoisotopic (exact) mass is 322 g/mol. The van der Waals surface area contributed by atoms with E-state index in [0.29, 0.717) is 18.7 Å². The molecule has 0 unspecified atom stereocenters. The van der Waals surface area contributed by atoms with Crippen molar-refractivity contribution in [3.05, 3.63) is 35.1 Å². The largest absolute Gasteiger partial charge is 0.386 e. The third kappa shape index (κ3) is 4.19. The average Bonchev–Trinajstić information content (AvgIpc) is 2.46. The molecule has 2 rings (SSSR count). The van der Waals surface area contributed by atoms with Crippen molar-refractivity contribution in [3.8, 4) is 0 Å². The van der Waals surface area contributed by atoms with Gasteiger partial charge in [-0.2, -0.15) is 0 Å². The lowest BCUT2D eigenvalue weighted by Gasteiger charge is -2.33. The van der Waals surface area contributed by atoms with Gasteiger partial charge < -0.3 is 21.1 Å². The van der Waals surface area contributed by atoms with Crippen LogP contribution in [0.5, 0.6) is 0 Å². The Bertz CT molecular complexity index is 613. The maximum absolute atomic E-state index is 14.2. The van der Waals surface area contributed by atoms with E-state index in [4.69, 9.17) is 11.1 Å². The molecule has 6 nitrogen and oxygen atoms in total. The number of hydrogen-bond donors (Lipinski definition) is 4. The van der Waals surface area contributed by atoms with Gasteiger partial charge in [0.1, 0.15) is 5.82 Å². The van der Waals surface area contributed by atoms with Gasteiger partial charge in [-0.15, -0.1) is 0 Å². The Balaban J connectivity index is 2.07. The molecule has 23 heavy (non-hydrogen) atoms. The van der Waals surface area contributed by atoms with Crippen molar-refractivity contribution in [3.63, 3.8) is 0 Å². The van der Waals surface area contributed by atoms with Crippen LogP contribution in [0.2, 0.25) is 0 Å². The van der Waals surface area contributed by atoms with E-state index in [9.17, 15) is 14.3 Å². The highest BCUT2D eigenvalue weighted by Gasteiger charge is 2.24. The van der Waals surface area contributed by atoms with Crippen LogP contribution in [0.3, 0.4) is 0 Å². The second kappa shape index (κ2) is 6.54. The molecule has 1 aliphatic rings. The van der Waals surface area contributed by atoms with Crippen molar-refractivity contribution >= 4 is 11.9 Å². The summed E-state index contributed by atoms with van der Waals surface area (Å²) in [5.74, 6) is -1.19. The maximum Gasteiger partial charge on any atom is 0.254 e. The molecule has 5 N–H and O–H groups in total. The third-order valence-corrected chi connectivity index (χ3v) is 4.02. The van der Waals surface area contributed by atoms with E-state index >= 15 is 0 Å². The van der Waals surface area contributed by atoms with Gasteiger partial charge in [0.2, 0.25) is 0 Å².